The van der Waals surface area contributed by atoms with Gasteiger partial charge >= 0.3 is 0 Å². The molecule has 0 unspecified atom stereocenters. The number of carbonyl (C=O) groups excluding carboxylic acids is 1. The van der Waals surface area contributed by atoms with Crippen molar-refractivity contribution in [3.8, 4) is 0 Å². The van der Waals surface area contributed by atoms with Crippen LogP contribution in [0.1, 0.15) is 17.0 Å². The average Bonchev–Trinajstić information content (AvgIpc) is 2.91. The Morgan fingerprint density at radius 2 is 1.74 bits per heavy atom. The van der Waals surface area contributed by atoms with Crippen molar-refractivity contribution in [3.63, 3.8) is 0 Å². The molecular formula is C18H19N3OS. The van der Waals surface area contributed by atoms with E-state index in [-0.39, 0.29) is 5.91 Å². The number of nitrogens with zero attached hydrogens (tertiary/aromatic N) is 3. The zero-order valence-corrected chi connectivity index (χ0v) is 14.5. The third-order valence-electron chi connectivity index (χ3n) is 4.38. The van der Waals surface area contributed by atoms with Crippen molar-refractivity contribution >= 4 is 35.0 Å². The Bertz CT molecular complexity index is 820. The minimum Gasteiger partial charge on any atom is -0.352 e. The molecule has 0 bridgehead atoms. The first-order valence-corrected chi connectivity index (χ1v) is 7.84. The number of anilines is 1. The Morgan fingerprint density at radius 3 is 2.30 bits per heavy atom. The lowest BCUT2D eigenvalue weighted by Crippen LogP contribution is -2.30. The molecule has 1 aliphatic heterocycles. The smallest absolute Gasteiger partial charge is 0.281 e. The summed E-state index contributed by atoms with van der Waals surface area (Å²) < 4.78 is 2.11. The Morgan fingerprint density at radius 1 is 1.09 bits per heavy atom. The van der Waals surface area contributed by atoms with E-state index in [1.54, 1.807) is 9.80 Å². The predicted molar refractivity (Wildman–Crippen MR) is 97.2 cm³/mol. The van der Waals surface area contributed by atoms with Gasteiger partial charge in [-0.25, -0.2) is 0 Å². The highest BCUT2D eigenvalue weighted by molar-refractivity contribution is 7.80. The van der Waals surface area contributed by atoms with Gasteiger partial charge in [-0.15, -0.1) is 0 Å². The normalized spacial score (nSPS) is 16.8. The first-order chi connectivity index (χ1) is 10.9. The maximum atomic E-state index is 12.9. The van der Waals surface area contributed by atoms with Crippen LogP contribution in [0.25, 0.3) is 6.08 Å². The number of rotatable bonds is 2. The van der Waals surface area contributed by atoms with Crippen molar-refractivity contribution in [2.24, 2.45) is 7.05 Å². The van der Waals surface area contributed by atoms with Crippen LogP contribution in [0.4, 0.5) is 5.69 Å². The Kier molecular flexibility index (Phi) is 3.82. The van der Waals surface area contributed by atoms with Crippen LogP contribution in [0.5, 0.6) is 0 Å². The predicted octanol–water partition coefficient (Wildman–Crippen LogP) is 3.25. The minimum atomic E-state index is -0.0930. The molecule has 1 amide bonds. The van der Waals surface area contributed by atoms with Crippen LogP contribution in [0.3, 0.4) is 0 Å². The van der Waals surface area contributed by atoms with Gasteiger partial charge in [0.1, 0.15) is 5.70 Å². The number of aromatic nitrogens is 1. The lowest BCUT2D eigenvalue weighted by atomic mass is 10.2. The highest BCUT2D eigenvalue weighted by atomic mass is 32.1. The van der Waals surface area contributed by atoms with E-state index in [0.29, 0.717) is 10.8 Å². The van der Waals surface area contributed by atoms with Gasteiger partial charge in [0.2, 0.25) is 0 Å². The van der Waals surface area contributed by atoms with Crippen LogP contribution in [0.2, 0.25) is 0 Å². The molecule has 4 nitrogen and oxygen atoms in total. The third kappa shape index (κ3) is 2.47. The molecule has 1 saturated heterocycles. The molecule has 0 radical (unpaired) electrons. The molecule has 0 spiro atoms. The summed E-state index contributed by atoms with van der Waals surface area (Å²) in [6, 6.07) is 11.6. The topological polar surface area (TPSA) is 28.5 Å². The molecule has 2 heterocycles. The number of para-hydroxylation sites is 1. The lowest BCUT2D eigenvalue weighted by Gasteiger charge is -2.16. The Hall–Kier alpha value is -2.40. The Balaban J connectivity index is 2.04. The van der Waals surface area contributed by atoms with E-state index >= 15 is 0 Å². The van der Waals surface area contributed by atoms with Crippen LogP contribution in [0.15, 0.2) is 42.1 Å². The number of aryl methyl sites for hydroxylation is 1. The second kappa shape index (κ2) is 5.66. The molecule has 1 aromatic heterocycles. The van der Waals surface area contributed by atoms with Crippen LogP contribution < -0.4 is 4.90 Å². The third-order valence-corrected chi connectivity index (χ3v) is 4.84. The van der Waals surface area contributed by atoms with E-state index in [1.807, 2.05) is 57.4 Å². The van der Waals surface area contributed by atoms with E-state index in [2.05, 4.69) is 17.6 Å². The quantitative estimate of drug-likeness (QED) is 0.627. The van der Waals surface area contributed by atoms with Gasteiger partial charge in [0, 0.05) is 25.5 Å². The van der Waals surface area contributed by atoms with Gasteiger partial charge in [-0.05, 0) is 55.9 Å². The monoisotopic (exact) mass is 325 g/mol. The highest BCUT2D eigenvalue weighted by Gasteiger charge is 2.36. The molecule has 5 heteroatoms. The molecule has 1 aliphatic rings. The fourth-order valence-electron chi connectivity index (χ4n) is 2.74. The molecular weight excluding hydrogens is 306 g/mol. The summed E-state index contributed by atoms with van der Waals surface area (Å²) in [5, 5.41) is 0.498. The van der Waals surface area contributed by atoms with Crippen molar-refractivity contribution in [3.05, 3.63) is 59.0 Å². The van der Waals surface area contributed by atoms with Crippen LogP contribution in [-0.2, 0) is 11.8 Å². The summed E-state index contributed by atoms with van der Waals surface area (Å²) in [7, 11) is 3.86. The maximum absolute atomic E-state index is 12.9. The minimum absolute atomic E-state index is 0.0930. The second-order valence-electron chi connectivity index (χ2n) is 5.73. The molecule has 0 saturated carbocycles. The van der Waals surface area contributed by atoms with Gasteiger partial charge in [-0.2, -0.15) is 0 Å². The number of carbonyl (C=O) groups is 1. The molecule has 3 rings (SSSR count). The molecule has 118 valence electrons. The molecule has 1 fully saturated rings. The van der Waals surface area contributed by atoms with E-state index < -0.39 is 0 Å². The van der Waals surface area contributed by atoms with Crippen molar-refractivity contribution in [1.82, 2.24) is 9.47 Å². The first kappa shape index (κ1) is 15.5. The van der Waals surface area contributed by atoms with Gasteiger partial charge in [0.05, 0.1) is 5.69 Å². The lowest BCUT2D eigenvalue weighted by molar-refractivity contribution is -0.114. The molecule has 2 aromatic rings. The second-order valence-corrected chi connectivity index (χ2v) is 6.10. The van der Waals surface area contributed by atoms with Gasteiger partial charge in [0.15, 0.2) is 5.11 Å². The van der Waals surface area contributed by atoms with Gasteiger partial charge < -0.3 is 9.47 Å². The largest absolute Gasteiger partial charge is 0.352 e. The van der Waals surface area contributed by atoms with E-state index in [0.717, 1.165) is 22.6 Å². The maximum Gasteiger partial charge on any atom is 0.281 e. The first-order valence-electron chi connectivity index (χ1n) is 7.43. The van der Waals surface area contributed by atoms with Crippen LogP contribution >= 0.6 is 12.2 Å². The molecule has 0 atom stereocenters. The number of likely N-dealkylation sites (N-methyl/N-ethyl adjacent to an activating group) is 1. The number of benzene rings is 1. The molecule has 23 heavy (non-hydrogen) atoms. The van der Waals surface area contributed by atoms with Crippen molar-refractivity contribution in [2.75, 3.05) is 11.9 Å². The molecule has 1 aromatic carbocycles. The number of hydrogen-bond donors (Lipinski definition) is 0. The van der Waals surface area contributed by atoms with Gasteiger partial charge in [0.25, 0.3) is 5.91 Å². The molecule has 0 aliphatic carbocycles. The van der Waals surface area contributed by atoms with E-state index in [1.165, 1.54) is 0 Å². The zero-order chi connectivity index (χ0) is 16.7. The standard InChI is InChI=1S/C18H19N3OS/c1-12-10-14(13(2)19(12)3)11-16-17(22)21(18(23)20(16)4)15-8-6-5-7-9-15/h5-11H,1-4H3/b16-11-. The van der Waals surface area contributed by atoms with Gasteiger partial charge in [-0.1, -0.05) is 18.2 Å². The van der Waals surface area contributed by atoms with Crippen LogP contribution in [0, 0.1) is 13.8 Å². The van der Waals surface area contributed by atoms with E-state index in [9.17, 15) is 4.79 Å². The van der Waals surface area contributed by atoms with Crippen molar-refractivity contribution in [2.45, 2.75) is 13.8 Å². The zero-order valence-electron chi connectivity index (χ0n) is 13.7. The van der Waals surface area contributed by atoms with Crippen molar-refractivity contribution in [1.29, 1.82) is 0 Å². The summed E-state index contributed by atoms with van der Waals surface area (Å²) in [6.07, 6.45) is 1.92. The fraction of sp³-hybridized carbons (Fsp3) is 0.222. The van der Waals surface area contributed by atoms with E-state index in [4.69, 9.17) is 12.2 Å². The fourth-order valence-corrected chi connectivity index (χ4v) is 3.03. The summed E-state index contributed by atoms with van der Waals surface area (Å²) in [6.45, 7) is 4.10. The number of hydrogen-bond acceptors (Lipinski definition) is 2. The van der Waals surface area contributed by atoms with Crippen molar-refractivity contribution < 1.29 is 4.79 Å². The number of thiocarbonyl (C=S) groups is 1. The summed E-state index contributed by atoms with van der Waals surface area (Å²) >= 11 is 5.46. The summed E-state index contributed by atoms with van der Waals surface area (Å²) in [4.78, 5) is 16.2. The summed E-state index contributed by atoms with van der Waals surface area (Å²) in [5.41, 5.74) is 4.70. The summed E-state index contributed by atoms with van der Waals surface area (Å²) in [5.74, 6) is -0.0930. The molecule has 0 N–H and O–H groups in total. The SMILES string of the molecule is Cc1cc(/C=C2/C(=O)N(c3ccccc3)C(=S)N2C)c(C)n1C. The van der Waals surface area contributed by atoms with Crippen LogP contribution in [-0.4, -0.2) is 27.5 Å². The highest BCUT2D eigenvalue weighted by Crippen LogP contribution is 2.28. The Labute approximate surface area is 141 Å². The van der Waals surface area contributed by atoms with Gasteiger partial charge in [-0.3, -0.25) is 9.69 Å². The average molecular weight is 325 g/mol. The number of amides is 1.